The van der Waals surface area contributed by atoms with E-state index in [1.807, 2.05) is 48.5 Å². The van der Waals surface area contributed by atoms with Crippen molar-refractivity contribution in [2.45, 2.75) is 103 Å². The van der Waals surface area contributed by atoms with Gasteiger partial charge < -0.3 is 49.5 Å². The molecule has 1 fully saturated rings. The molecule has 1 saturated heterocycles. The second kappa shape index (κ2) is 19.3. The lowest BCUT2D eigenvalue weighted by molar-refractivity contribution is -0.287. The Kier molecular flexibility index (Phi) is 14.9. The Balaban J connectivity index is 1.67. The normalized spacial score (nSPS) is 21.4. The zero-order valence-electron chi connectivity index (χ0n) is 32.5. The first-order chi connectivity index (χ1) is 26.9. The highest BCUT2D eigenvalue weighted by molar-refractivity contribution is 6.35. The van der Waals surface area contributed by atoms with Gasteiger partial charge in [-0.1, -0.05) is 62.4 Å². The third kappa shape index (κ3) is 11.1. The summed E-state index contributed by atoms with van der Waals surface area (Å²) in [7, 11) is 0. The van der Waals surface area contributed by atoms with Crippen LogP contribution in [0.5, 0.6) is 0 Å². The first kappa shape index (κ1) is 43.8. The molecule has 4 N–H and O–H groups in total. The summed E-state index contributed by atoms with van der Waals surface area (Å²) in [6.07, 6.45) is -8.47. The summed E-state index contributed by atoms with van der Waals surface area (Å²) in [4.78, 5) is 101. The number of aliphatic carboxylic acids is 1. The lowest BCUT2D eigenvalue weighted by Crippen LogP contribution is -2.67. The standard InChI is InChI=1S/C39H47N3O15/c1-18(2)30(33(47)37(49)50)41-36(48)31(42-39(51)53-16-28-26-14-10-8-12-24(26)25-13-9-11-15-27(25)28)19(3)54-38-32(40-20(4)43)35(56-23(7)46)34(55-22(6)45)29(57-38)17-52-21(5)44/h8-15,18-19,28-32,34-35,38H,16-17H2,1-7H3,(H,40,43)(H,41,48)(H,42,51)(H,49,50)/t19-,29+,30-,31+,32+,34-,35+,38-/m0/s1. The van der Waals surface area contributed by atoms with Gasteiger partial charge in [-0.2, -0.15) is 0 Å². The van der Waals surface area contributed by atoms with Crippen LogP contribution in [0.2, 0.25) is 0 Å². The largest absolute Gasteiger partial charge is 0.475 e. The van der Waals surface area contributed by atoms with E-state index in [9.17, 15) is 43.5 Å². The second-order valence-corrected chi connectivity index (χ2v) is 13.9. The fourth-order valence-corrected chi connectivity index (χ4v) is 6.77. The molecule has 4 rings (SSSR count). The molecule has 1 aliphatic heterocycles. The van der Waals surface area contributed by atoms with Gasteiger partial charge >= 0.3 is 30.0 Å². The van der Waals surface area contributed by atoms with Crippen LogP contribution in [0.1, 0.15) is 65.5 Å². The number of Topliss-reactive ketones (excluding diaryl/α,β-unsaturated/α-hetero) is 1. The molecule has 57 heavy (non-hydrogen) atoms. The van der Waals surface area contributed by atoms with Crippen LogP contribution in [-0.2, 0) is 62.0 Å². The van der Waals surface area contributed by atoms with Crippen molar-refractivity contribution in [1.82, 2.24) is 16.0 Å². The number of amides is 3. The van der Waals surface area contributed by atoms with E-state index in [1.165, 1.54) is 20.8 Å². The third-order valence-electron chi connectivity index (χ3n) is 9.25. The minimum absolute atomic E-state index is 0.147. The number of carbonyl (C=O) groups excluding carboxylic acids is 7. The van der Waals surface area contributed by atoms with E-state index in [0.717, 1.165) is 49.9 Å². The molecule has 1 heterocycles. The number of hydrogen-bond donors (Lipinski definition) is 4. The maximum Gasteiger partial charge on any atom is 0.407 e. The fourth-order valence-electron chi connectivity index (χ4n) is 6.77. The Bertz CT molecular complexity index is 1820. The smallest absolute Gasteiger partial charge is 0.407 e. The molecule has 18 nitrogen and oxygen atoms in total. The first-order valence-corrected chi connectivity index (χ1v) is 18.1. The molecule has 2 aromatic carbocycles. The van der Waals surface area contributed by atoms with Gasteiger partial charge in [0.1, 0.15) is 37.4 Å². The Morgan fingerprint density at radius 1 is 0.719 bits per heavy atom. The molecule has 2 aromatic rings. The van der Waals surface area contributed by atoms with Crippen LogP contribution in [0.3, 0.4) is 0 Å². The quantitative estimate of drug-likeness (QED) is 0.107. The Hall–Kier alpha value is -5.88. The summed E-state index contributed by atoms with van der Waals surface area (Å²) in [5, 5.41) is 16.8. The Morgan fingerprint density at radius 2 is 1.28 bits per heavy atom. The summed E-state index contributed by atoms with van der Waals surface area (Å²) >= 11 is 0. The molecule has 2 aliphatic rings. The van der Waals surface area contributed by atoms with Gasteiger partial charge in [-0.3, -0.25) is 28.8 Å². The number of esters is 3. The van der Waals surface area contributed by atoms with E-state index in [0.29, 0.717) is 0 Å². The summed E-state index contributed by atoms with van der Waals surface area (Å²) in [6, 6.07) is 10.6. The molecule has 0 spiro atoms. The lowest BCUT2D eigenvalue weighted by Gasteiger charge is -2.45. The highest BCUT2D eigenvalue weighted by Gasteiger charge is 2.52. The predicted octanol–water partition coefficient (Wildman–Crippen LogP) is 1.75. The fraction of sp³-hybridized carbons (Fsp3) is 0.487. The van der Waals surface area contributed by atoms with Crippen molar-refractivity contribution in [1.29, 1.82) is 0 Å². The Labute approximate surface area is 328 Å². The van der Waals surface area contributed by atoms with Gasteiger partial charge in [-0.15, -0.1) is 0 Å². The number of fused-ring (bicyclic) bond motifs is 3. The van der Waals surface area contributed by atoms with Crippen molar-refractivity contribution >= 4 is 47.6 Å². The van der Waals surface area contributed by atoms with E-state index in [1.54, 1.807) is 0 Å². The van der Waals surface area contributed by atoms with Gasteiger partial charge in [0, 0.05) is 33.6 Å². The average Bonchev–Trinajstić information content (AvgIpc) is 3.45. The molecule has 3 amide bonds. The zero-order chi connectivity index (χ0) is 42.1. The van der Waals surface area contributed by atoms with Gasteiger partial charge in [-0.25, -0.2) is 9.59 Å². The van der Waals surface area contributed by atoms with Crippen molar-refractivity contribution < 1.29 is 71.9 Å². The van der Waals surface area contributed by atoms with E-state index in [-0.39, 0.29) is 12.5 Å². The van der Waals surface area contributed by atoms with Crippen LogP contribution in [0, 0.1) is 5.92 Å². The predicted molar refractivity (Wildman–Crippen MR) is 196 cm³/mol. The molecule has 18 heteroatoms. The third-order valence-corrected chi connectivity index (χ3v) is 9.25. The average molecular weight is 798 g/mol. The summed E-state index contributed by atoms with van der Waals surface area (Å²) in [5.41, 5.74) is 3.78. The number of nitrogens with one attached hydrogen (secondary N) is 3. The molecular weight excluding hydrogens is 750 g/mol. The SMILES string of the molecule is CC(=O)N[C@H]1[C@@H](O[C@@H](C)[C@@H](NC(=O)OCC2c3ccccc3-c3ccccc32)C(=O)N[C@H](C(=O)C(=O)O)C(C)C)O[C@H](COC(C)=O)[C@H](OC(C)=O)[C@@H]1OC(C)=O. The summed E-state index contributed by atoms with van der Waals surface area (Å²) in [5.74, 6) is -8.32. The van der Waals surface area contributed by atoms with Crippen LogP contribution in [0.15, 0.2) is 48.5 Å². The molecule has 8 atom stereocenters. The second-order valence-electron chi connectivity index (χ2n) is 13.9. The summed E-state index contributed by atoms with van der Waals surface area (Å²) in [6.45, 7) is 8.03. The number of alkyl carbamates (subject to hydrolysis) is 1. The molecular formula is C39H47N3O15. The summed E-state index contributed by atoms with van der Waals surface area (Å²) < 4.78 is 33.9. The zero-order valence-corrected chi connectivity index (χ0v) is 32.5. The van der Waals surface area contributed by atoms with Crippen LogP contribution in [-0.4, -0.2) is 115 Å². The van der Waals surface area contributed by atoms with Crippen molar-refractivity contribution in [2.75, 3.05) is 13.2 Å². The van der Waals surface area contributed by atoms with E-state index in [4.69, 9.17) is 28.4 Å². The molecule has 0 aromatic heterocycles. The molecule has 0 saturated carbocycles. The number of hydrogen-bond acceptors (Lipinski definition) is 14. The molecule has 0 bridgehead atoms. The van der Waals surface area contributed by atoms with E-state index in [2.05, 4.69) is 16.0 Å². The van der Waals surface area contributed by atoms with Crippen molar-refractivity contribution in [3.63, 3.8) is 0 Å². The van der Waals surface area contributed by atoms with E-state index >= 15 is 0 Å². The molecule has 0 unspecified atom stereocenters. The molecule has 308 valence electrons. The van der Waals surface area contributed by atoms with Crippen molar-refractivity contribution in [3.05, 3.63) is 59.7 Å². The Morgan fingerprint density at radius 3 is 1.79 bits per heavy atom. The van der Waals surface area contributed by atoms with Crippen LogP contribution >= 0.6 is 0 Å². The van der Waals surface area contributed by atoms with Gasteiger partial charge in [0.2, 0.25) is 11.8 Å². The lowest BCUT2D eigenvalue weighted by atomic mass is 9.95. The number of carboxylic acids is 1. The molecule has 1 aliphatic carbocycles. The maximum atomic E-state index is 14.0. The van der Waals surface area contributed by atoms with E-state index < -0.39 is 109 Å². The van der Waals surface area contributed by atoms with Gasteiger partial charge in [0.05, 0.1) is 6.10 Å². The van der Waals surface area contributed by atoms with Crippen LogP contribution < -0.4 is 16.0 Å². The van der Waals surface area contributed by atoms with Crippen molar-refractivity contribution in [2.24, 2.45) is 5.92 Å². The highest BCUT2D eigenvalue weighted by Crippen LogP contribution is 2.44. The first-order valence-electron chi connectivity index (χ1n) is 18.1. The van der Waals surface area contributed by atoms with Gasteiger partial charge in [-0.05, 0) is 35.1 Å². The van der Waals surface area contributed by atoms with Crippen LogP contribution in [0.25, 0.3) is 11.1 Å². The molecule has 0 radical (unpaired) electrons. The minimum Gasteiger partial charge on any atom is -0.475 e. The number of benzene rings is 2. The van der Waals surface area contributed by atoms with Gasteiger partial charge in [0.15, 0.2) is 18.5 Å². The number of carboxylic acid groups (broad SMARTS) is 1. The topological polar surface area (TPSA) is 248 Å². The maximum absolute atomic E-state index is 14.0. The number of ether oxygens (including phenoxy) is 6. The number of ketones is 1. The minimum atomic E-state index is -1.80. The highest BCUT2D eigenvalue weighted by atomic mass is 16.7. The number of carbonyl (C=O) groups is 8. The number of rotatable bonds is 16. The van der Waals surface area contributed by atoms with Gasteiger partial charge in [0.25, 0.3) is 5.78 Å². The van der Waals surface area contributed by atoms with Crippen LogP contribution in [0.4, 0.5) is 4.79 Å². The van der Waals surface area contributed by atoms with Crippen molar-refractivity contribution in [3.8, 4) is 11.1 Å². The monoisotopic (exact) mass is 797 g/mol.